The first-order chi connectivity index (χ1) is 11.0. The van der Waals surface area contributed by atoms with E-state index in [1.165, 1.54) is 0 Å². The van der Waals surface area contributed by atoms with E-state index < -0.39 is 0 Å². The zero-order valence-electron chi connectivity index (χ0n) is 14.6. The lowest BCUT2D eigenvalue weighted by atomic mass is 10.2. The lowest BCUT2D eigenvalue weighted by molar-refractivity contribution is 0.0920. The second kappa shape index (κ2) is 8.29. The molecule has 1 fully saturated rings. The van der Waals surface area contributed by atoms with Crippen LogP contribution in [0.25, 0.3) is 0 Å². The molecule has 1 aliphatic heterocycles. The quantitative estimate of drug-likeness (QED) is 0.828. The van der Waals surface area contributed by atoms with Gasteiger partial charge in [0.25, 0.3) is 0 Å². The molecule has 0 saturated carbocycles. The summed E-state index contributed by atoms with van der Waals surface area (Å²) in [5, 5.41) is 8.16. The molecule has 7 heteroatoms. The Bertz CT molecular complexity index is 503. The predicted octanol–water partition coefficient (Wildman–Crippen LogP) is 2.49. The first kappa shape index (κ1) is 17.7. The number of amides is 1. The first-order valence-electron chi connectivity index (χ1n) is 8.49. The fraction of sp³-hybridized carbons (Fsp3) is 0.812. The lowest BCUT2D eigenvalue weighted by Gasteiger charge is -2.25. The minimum atomic E-state index is -0.209. The van der Waals surface area contributed by atoms with E-state index in [1.54, 1.807) is 4.90 Å². The molecule has 1 atom stereocenters. The molecule has 1 amide bonds. The summed E-state index contributed by atoms with van der Waals surface area (Å²) in [6, 6.07) is 0.0643. The average Bonchev–Trinajstić information content (AvgIpc) is 2.88. The SMILES string of the molecule is CCc1nnc([C@H](C)N2CCCN(C(=O)OCC(C)C)CC2)o1. The molecule has 7 nitrogen and oxygen atoms in total. The minimum absolute atomic E-state index is 0.0643. The zero-order chi connectivity index (χ0) is 16.8. The molecular weight excluding hydrogens is 296 g/mol. The van der Waals surface area contributed by atoms with E-state index in [0.29, 0.717) is 30.9 Å². The Kier molecular flexibility index (Phi) is 6.38. The van der Waals surface area contributed by atoms with Gasteiger partial charge < -0.3 is 14.1 Å². The largest absolute Gasteiger partial charge is 0.449 e. The molecule has 1 saturated heterocycles. The third kappa shape index (κ3) is 4.92. The minimum Gasteiger partial charge on any atom is -0.449 e. The molecule has 0 unspecified atom stereocenters. The fourth-order valence-electron chi connectivity index (χ4n) is 2.57. The van der Waals surface area contributed by atoms with Gasteiger partial charge in [0.05, 0.1) is 12.6 Å². The highest BCUT2D eigenvalue weighted by atomic mass is 16.6. The maximum atomic E-state index is 12.1. The molecule has 0 spiro atoms. The van der Waals surface area contributed by atoms with Crippen molar-refractivity contribution in [2.75, 3.05) is 32.8 Å². The highest BCUT2D eigenvalue weighted by molar-refractivity contribution is 5.67. The number of nitrogens with zero attached hydrogens (tertiary/aromatic N) is 4. The molecule has 0 aromatic carbocycles. The van der Waals surface area contributed by atoms with E-state index >= 15 is 0 Å². The van der Waals surface area contributed by atoms with Crippen molar-refractivity contribution >= 4 is 6.09 Å². The van der Waals surface area contributed by atoms with Crippen molar-refractivity contribution in [1.29, 1.82) is 0 Å². The van der Waals surface area contributed by atoms with Gasteiger partial charge in [-0.2, -0.15) is 0 Å². The summed E-state index contributed by atoms with van der Waals surface area (Å²) < 4.78 is 11.0. The van der Waals surface area contributed by atoms with Crippen molar-refractivity contribution < 1.29 is 13.9 Å². The maximum Gasteiger partial charge on any atom is 0.409 e. The predicted molar refractivity (Wildman–Crippen MR) is 86.0 cm³/mol. The number of rotatable bonds is 5. The number of aromatic nitrogens is 2. The van der Waals surface area contributed by atoms with Gasteiger partial charge in [-0.3, -0.25) is 4.90 Å². The summed E-state index contributed by atoms with van der Waals surface area (Å²) >= 11 is 0. The van der Waals surface area contributed by atoms with Crippen molar-refractivity contribution in [3.63, 3.8) is 0 Å². The van der Waals surface area contributed by atoms with Gasteiger partial charge in [-0.05, 0) is 19.3 Å². The van der Waals surface area contributed by atoms with Crippen LogP contribution in [0.4, 0.5) is 4.79 Å². The molecule has 2 heterocycles. The summed E-state index contributed by atoms with van der Waals surface area (Å²) in [6.07, 6.45) is 1.45. The van der Waals surface area contributed by atoms with Gasteiger partial charge in [-0.15, -0.1) is 10.2 Å². The third-order valence-electron chi connectivity index (χ3n) is 4.02. The van der Waals surface area contributed by atoms with Crippen molar-refractivity contribution in [3.05, 3.63) is 11.8 Å². The summed E-state index contributed by atoms with van der Waals surface area (Å²) in [5.41, 5.74) is 0. The molecule has 23 heavy (non-hydrogen) atoms. The van der Waals surface area contributed by atoms with Gasteiger partial charge in [0.1, 0.15) is 0 Å². The smallest absolute Gasteiger partial charge is 0.409 e. The summed E-state index contributed by atoms with van der Waals surface area (Å²) in [7, 11) is 0. The van der Waals surface area contributed by atoms with Gasteiger partial charge >= 0.3 is 6.09 Å². The van der Waals surface area contributed by atoms with Crippen LogP contribution < -0.4 is 0 Å². The number of ether oxygens (including phenoxy) is 1. The van der Waals surface area contributed by atoms with Crippen molar-refractivity contribution in [1.82, 2.24) is 20.0 Å². The molecule has 0 N–H and O–H groups in total. The van der Waals surface area contributed by atoms with Crippen LogP contribution in [0, 0.1) is 5.92 Å². The molecule has 0 bridgehead atoms. The topological polar surface area (TPSA) is 71.7 Å². The second-order valence-electron chi connectivity index (χ2n) is 6.41. The van der Waals surface area contributed by atoms with E-state index in [2.05, 4.69) is 22.0 Å². The zero-order valence-corrected chi connectivity index (χ0v) is 14.6. The summed E-state index contributed by atoms with van der Waals surface area (Å²) in [5.74, 6) is 1.67. The standard InChI is InChI=1S/C16H28N4O3/c1-5-14-17-18-15(23-14)13(4)19-7-6-8-20(10-9-19)16(21)22-11-12(2)3/h12-13H,5-11H2,1-4H3/t13-/m0/s1. The molecule has 130 valence electrons. The molecule has 0 aliphatic carbocycles. The third-order valence-corrected chi connectivity index (χ3v) is 4.02. The molecule has 1 aromatic rings. The van der Waals surface area contributed by atoms with E-state index in [0.717, 1.165) is 32.5 Å². The first-order valence-corrected chi connectivity index (χ1v) is 8.49. The molecule has 2 rings (SSSR count). The van der Waals surface area contributed by atoms with E-state index in [4.69, 9.17) is 9.15 Å². The maximum absolute atomic E-state index is 12.1. The Balaban J connectivity index is 1.88. The van der Waals surface area contributed by atoms with Gasteiger partial charge in [0.2, 0.25) is 11.8 Å². The Hall–Kier alpha value is -1.63. The fourth-order valence-corrected chi connectivity index (χ4v) is 2.57. The monoisotopic (exact) mass is 324 g/mol. The molecule has 1 aliphatic rings. The number of hydrogen-bond acceptors (Lipinski definition) is 6. The average molecular weight is 324 g/mol. The van der Waals surface area contributed by atoms with Crippen LogP contribution >= 0.6 is 0 Å². The van der Waals surface area contributed by atoms with Crippen molar-refractivity contribution in [3.8, 4) is 0 Å². The van der Waals surface area contributed by atoms with Crippen LogP contribution in [-0.4, -0.2) is 58.9 Å². The van der Waals surface area contributed by atoms with E-state index in [-0.39, 0.29) is 12.1 Å². The van der Waals surface area contributed by atoms with E-state index in [1.807, 2.05) is 20.8 Å². The highest BCUT2D eigenvalue weighted by Crippen LogP contribution is 2.21. The Morgan fingerprint density at radius 3 is 2.65 bits per heavy atom. The summed E-state index contributed by atoms with van der Waals surface area (Å²) in [6.45, 7) is 11.7. The highest BCUT2D eigenvalue weighted by Gasteiger charge is 2.26. The van der Waals surface area contributed by atoms with Crippen LogP contribution in [0.15, 0.2) is 4.42 Å². The number of aryl methyl sites for hydroxylation is 1. The van der Waals surface area contributed by atoms with Crippen LogP contribution in [0.3, 0.4) is 0 Å². The van der Waals surface area contributed by atoms with Crippen LogP contribution in [0.5, 0.6) is 0 Å². The van der Waals surface area contributed by atoms with Crippen LogP contribution in [-0.2, 0) is 11.2 Å². The number of carbonyl (C=O) groups excluding carboxylic acids is 1. The number of hydrogen-bond donors (Lipinski definition) is 0. The lowest BCUT2D eigenvalue weighted by Crippen LogP contribution is -2.36. The Morgan fingerprint density at radius 1 is 1.22 bits per heavy atom. The second-order valence-corrected chi connectivity index (χ2v) is 6.41. The molecule has 0 radical (unpaired) electrons. The molecular formula is C16H28N4O3. The Morgan fingerprint density at radius 2 is 2.00 bits per heavy atom. The van der Waals surface area contributed by atoms with Gasteiger partial charge in [-0.25, -0.2) is 4.79 Å². The normalized spacial score (nSPS) is 18.0. The van der Waals surface area contributed by atoms with E-state index in [9.17, 15) is 4.79 Å². The van der Waals surface area contributed by atoms with Crippen LogP contribution in [0.2, 0.25) is 0 Å². The van der Waals surface area contributed by atoms with Crippen molar-refractivity contribution in [2.45, 2.75) is 46.6 Å². The number of carbonyl (C=O) groups is 1. The Labute approximate surface area is 138 Å². The van der Waals surface area contributed by atoms with Crippen molar-refractivity contribution in [2.24, 2.45) is 5.92 Å². The summed E-state index contributed by atoms with van der Waals surface area (Å²) in [4.78, 5) is 16.2. The molecule has 1 aromatic heterocycles. The van der Waals surface area contributed by atoms with Gasteiger partial charge in [-0.1, -0.05) is 20.8 Å². The van der Waals surface area contributed by atoms with Gasteiger partial charge in [0.15, 0.2) is 0 Å². The van der Waals surface area contributed by atoms with Crippen LogP contribution in [0.1, 0.15) is 51.9 Å². The van der Waals surface area contributed by atoms with Gasteiger partial charge in [0, 0.05) is 32.6 Å².